The van der Waals surface area contributed by atoms with Crippen LogP contribution in [0.5, 0.6) is 11.5 Å². The summed E-state index contributed by atoms with van der Waals surface area (Å²) < 4.78 is 61.4. The summed E-state index contributed by atoms with van der Waals surface area (Å²) in [6.07, 6.45) is -5.05. The van der Waals surface area contributed by atoms with Crippen molar-refractivity contribution in [1.29, 1.82) is 0 Å². The Labute approximate surface area is 167 Å². The molecule has 5 nitrogen and oxygen atoms in total. The summed E-state index contributed by atoms with van der Waals surface area (Å²) in [7, 11) is 0. The molecule has 0 aromatic heterocycles. The van der Waals surface area contributed by atoms with E-state index in [0.29, 0.717) is 0 Å². The van der Waals surface area contributed by atoms with Gasteiger partial charge in [0.2, 0.25) is 0 Å². The molecule has 0 bridgehead atoms. The summed E-state index contributed by atoms with van der Waals surface area (Å²) in [5.41, 5.74) is -0.207. The van der Waals surface area contributed by atoms with Gasteiger partial charge >= 0.3 is 6.36 Å². The summed E-state index contributed by atoms with van der Waals surface area (Å²) in [5, 5.41) is 2.29. The Bertz CT molecular complexity index is 1080. The first-order valence-electron chi connectivity index (χ1n) is 8.44. The summed E-state index contributed by atoms with van der Waals surface area (Å²) in [6.45, 7) is 0.119. The Balaban J connectivity index is 1.99. The summed E-state index contributed by atoms with van der Waals surface area (Å²) in [5.74, 6) is -2.28. The van der Waals surface area contributed by atoms with E-state index in [2.05, 4.69) is 10.1 Å². The van der Waals surface area contributed by atoms with Gasteiger partial charge in [0.05, 0.1) is 11.3 Å². The minimum Gasteiger partial charge on any atom is -0.428 e. The fraction of sp³-hybridized carbons (Fsp3) is 0.0476. The molecular weight excluding hydrogens is 406 g/mol. The van der Waals surface area contributed by atoms with Crippen LogP contribution in [-0.4, -0.2) is 18.7 Å². The van der Waals surface area contributed by atoms with Gasteiger partial charge in [-0.25, -0.2) is 4.39 Å². The average Bonchev–Trinajstić information content (AvgIpc) is 2.69. The van der Waals surface area contributed by atoms with Crippen LogP contribution in [0.4, 0.5) is 23.2 Å². The molecule has 1 amide bonds. The molecule has 30 heavy (non-hydrogen) atoms. The predicted molar refractivity (Wildman–Crippen MR) is 99.6 cm³/mol. The first kappa shape index (κ1) is 20.8. The van der Waals surface area contributed by atoms with Gasteiger partial charge in [-0.1, -0.05) is 36.4 Å². The van der Waals surface area contributed by atoms with Crippen molar-refractivity contribution >= 4 is 18.1 Å². The van der Waals surface area contributed by atoms with Crippen LogP contribution in [0.3, 0.4) is 0 Å². The van der Waals surface area contributed by atoms with Crippen LogP contribution in [0.1, 0.15) is 10.4 Å². The second-order valence-corrected chi connectivity index (χ2v) is 5.90. The van der Waals surface area contributed by atoms with Gasteiger partial charge in [0.1, 0.15) is 11.6 Å². The average molecular weight is 419 g/mol. The van der Waals surface area contributed by atoms with Gasteiger partial charge in [-0.2, -0.15) is 0 Å². The van der Waals surface area contributed by atoms with Gasteiger partial charge < -0.3 is 14.8 Å². The number of benzene rings is 3. The van der Waals surface area contributed by atoms with Crippen molar-refractivity contribution in [3.8, 4) is 22.6 Å². The fourth-order valence-electron chi connectivity index (χ4n) is 2.70. The molecule has 0 atom stereocenters. The lowest BCUT2D eigenvalue weighted by Crippen LogP contribution is -2.20. The Morgan fingerprint density at radius 1 is 0.933 bits per heavy atom. The van der Waals surface area contributed by atoms with E-state index in [0.717, 1.165) is 12.1 Å². The largest absolute Gasteiger partial charge is 0.573 e. The zero-order valence-electron chi connectivity index (χ0n) is 15.1. The van der Waals surface area contributed by atoms with Gasteiger partial charge in [-0.15, -0.1) is 13.2 Å². The first-order valence-corrected chi connectivity index (χ1v) is 8.44. The number of ether oxygens (including phenoxy) is 2. The van der Waals surface area contributed by atoms with Crippen LogP contribution in [0.25, 0.3) is 11.1 Å². The molecule has 3 rings (SSSR count). The number of amides is 1. The van der Waals surface area contributed by atoms with E-state index in [1.807, 2.05) is 0 Å². The molecule has 0 aliphatic rings. The molecule has 3 aromatic rings. The molecule has 0 saturated carbocycles. The lowest BCUT2D eigenvalue weighted by Gasteiger charge is -2.16. The van der Waals surface area contributed by atoms with Crippen molar-refractivity contribution < 1.29 is 36.6 Å². The van der Waals surface area contributed by atoms with Crippen molar-refractivity contribution in [2.75, 3.05) is 5.32 Å². The molecule has 0 fully saturated rings. The van der Waals surface area contributed by atoms with Crippen LogP contribution in [0, 0.1) is 5.82 Å². The Morgan fingerprint density at radius 3 is 2.33 bits per heavy atom. The van der Waals surface area contributed by atoms with Crippen molar-refractivity contribution in [2.45, 2.75) is 6.36 Å². The summed E-state index contributed by atoms with van der Waals surface area (Å²) in [4.78, 5) is 23.1. The topological polar surface area (TPSA) is 64.6 Å². The molecule has 0 saturated heterocycles. The number of para-hydroxylation sites is 1. The second-order valence-electron chi connectivity index (χ2n) is 5.90. The Hall–Kier alpha value is -3.88. The molecule has 0 aliphatic carbocycles. The third-order valence-electron chi connectivity index (χ3n) is 3.95. The maximum Gasteiger partial charge on any atom is 0.573 e. The van der Waals surface area contributed by atoms with E-state index in [-0.39, 0.29) is 34.6 Å². The number of carbonyl (C=O) groups excluding carboxylic acids is 2. The molecule has 0 aliphatic heterocycles. The van der Waals surface area contributed by atoms with Gasteiger partial charge in [-0.05, 0) is 35.9 Å². The third kappa shape index (κ3) is 4.93. The number of hydrogen-bond acceptors (Lipinski definition) is 4. The minimum absolute atomic E-state index is 0.0622. The van der Waals surface area contributed by atoms with Crippen LogP contribution < -0.4 is 14.8 Å². The summed E-state index contributed by atoms with van der Waals surface area (Å²) >= 11 is 0. The molecule has 9 heteroatoms. The number of rotatable bonds is 6. The Morgan fingerprint density at radius 2 is 1.63 bits per heavy atom. The van der Waals surface area contributed by atoms with E-state index in [1.165, 1.54) is 54.6 Å². The van der Waals surface area contributed by atoms with Crippen LogP contribution in [-0.2, 0) is 4.79 Å². The SMILES string of the molecule is O=COc1ccccc1C(=O)Nc1ccc(-c2ccccc2F)cc1OC(F)(F)F. The maximum atomic E-state index is 14.0. The van der Waals surface area contributed by atoms with E-state index in [9.17, 15) is 27.2 Å². The van der Waals surface area contributed by atoms with E-state index < -0.39 is 23.8 Å². The first-order chi connectivity index (χ1) is 14.3. The molecule has 0 unspecified atom stereocenters. The molecule has 154 valence electrons. The Kier molecular flexibility index (Phi) is 6.01. The highest BCUT2D eigenvalue weighted by Crippen LogP contribution is 2.36. The lowest BCUT2D eigenvalue weighted by atomic mass is 10.0. The highest BCUT2D eigenvalue weighted by Gasteiger charge is 2.32. The van der Waals surface area contributed by atoms with Crippen molar-refractivity contribution in [1.82, 2.24) is 0 Å². The standard InChI is InChI=1S/C21H13F4NO4/c22-16-7-3-1-5-14(16)13-9-10-17(19(11-13)30-21(23,24)25)26-20(28)15-6-2-4-8-18(15)29-12-27/h1-12H,(H,26,28). The molecule has 0 radical (unpaired) electrons. The number of halogens is 4. The zero-order chi connectivity index (χ0) is 21.7. The van der Waals surface area contributed by atoms with Crippen LogP contribution in [0.15, 0.2) is 66.7 Å². The van der Waals surface area contributed by atoms with Crippen LogP contribution in [0.2, 0.25) is 0 Å². The monoisotopic (exact) mass is 419 g/mol. The molecule has 3 aromatic carbocycles. The number of carbonyl (C=O) groups is 2. The van der Waals surface area contributed by atoms with Gasteiger partial charge in [-0.3, -0.25) is 9.59 Å². The number of anilines is 1. The zero-order valence-corrected chi connectivity index (χ0v) is 15.1. The number of nitrogens with one attached hydrogen (secondary N) is 1. The highest BCUT2D eigenvalue weighted by atomic mass is 19.4. The van der Waals surface area contributed by atoms with Gasteiger partial charge in [0, 0.05) is 5.56 Å². The number of alkyl halides is 3. The van der Waals surface area contributed by atoms with Crippen LogP contribution >= 0.6 is 0 Å². The fourth-order valence-corrected chi connectivity index (χ4v) is 2.70. The smallest absolute Gasteiger partial charge is 0.428 e. The lowest BCUT2D eigenvalue weighted by molar-refractivity contribution is -0.274. The minimum atomic E-state index is -5.05. The molecule has 0 spiro atoms. The second kappa shape index (κ2) is 8.64. The normalized spacial score (nSPS) is 10.9. The van der Waals surface area contributed by atoms with Crippen molar-refractivity contribution in [3.63, 3.8) is 0 Å². The third-order valence-corrected chi connectivity index (χ3v) is 3.95. The molecular formula is C21H13F4NO4. The van der Waals surface area contributed by atoms with E-state index in [4.69, 9.17) is 4.74 Å². The maximum absolute atomic E-state index is 14.0. The van der Waals surface area contributed by atoms with E-state index in [1.54, 1.807) is 0 Å². The molecule has 1 N–H and O–H groups in total. The number of hydrogen-bond donors (Lipinski definition) is 1. The van der Waals surface area contributed by atoms with Crippen molar-refractivity contribution in [2.24, 2.45) is 0 Å². The van der Waals surface area contributed by atoms with Crippen molar-refractivity contribution in [3.05, 3.63) is 78.1 Å². The van der Waals surface area contributed by atoms with Gasteiger partial charge in [0.25, 0.3) is 12.4 Å². The van der Waals surface area contributed by atoms with Gasteiger partial charge in [0.15, 0.2) is 5.75 Å². The highest BCUT2D eigenvalue weighted by molar-refractivity contribution is 6.07. The predicted octanol–water partition coefficient (Wildman–Crippen LogP) is 5.18. The molecule has 0 heterocycles. The van der Waals surface area contributed by atoms with E-state index >= 15 is 0 Å². The quantitative estimate of drug-likeness (QED) is 0.442. The summed E-state index contributed by atoms with van der Waals surface area (Å²) in [6, 6.07) is 14.7.